The van der Waals surface area contributed by atoms with Crippen LogP contribution in [0.3, 0.4) is 0 Å². The topological polar surface area (TPSA) is 89.0 Å². The van der Waals surface area contributed by atoms with E-state index in [2.05, 4.69) is 4.98 Å². The third-order valence-corrected chi connectivity index (χ3v) is 2.92. The second kappa shape index (κ2) is 6.10. The Hall–Kier alpha value is -2.86. The van der Waals surface area contributed by atoms with Crippen molar-refractivity contribution >= 4 is 17.3 Å². The Kier molecular flexibility index (Phi) is 4.38. The van der Waals surface area contributed by atoms with Crippen LogP contribution in [0.25, 0.3) is 0 Å². The van der Waals surface area contributed by atoms with Crippen LogP contribution < -0.4 is 4.74 Å². The minimum Gasteiger partial charge on any atom is -0.437 e. The molecule has 1 aromatic carbocycles. The number of aromatic nitrogens is 1. The number of halogens is 4. The molecular formula is C13H5ClF3N3O3. The maximum Gasteiger partial charge on any atom is 0.416 e. The van der Waals surface area contributed by atoms with Crippen LogP contribution in [0.2, 0.25) is 5.02 Å². The fraction of sp³-hybridized carbons (Fsp3) is 0.0769. The van der Waals surface area contributed by atoms with E-state index in [-0.39, 0.29) is 16.7 Å². The molecule has 6 nitrogen and oxygen atoms in total. The fourth-order valence-electron chi connectivity index (χ4n) is 1.59. The van der Waals surface area contributed by atoms with Gasteiger partial charge in [-0.2, -0.15) is 23.4 Å². The molecule has 0 unspecified atom stereocenters. The number of hydrogen-bond donors (Lipinski definition) is 0. The third kappa shape index (κ3) is 3.67. The zero-order valence-corrected chi connectivity index (χ0v) is 11.7. The molecule has 0 spiro atoms. The number of nitro groups is 1. The van der Waals surface area contributed by atoms with Gasteiger partial charge in [0.2, 0.25) is 11.6 Å². The minimum atomic E-state index is -4.55. The van der Waals surface area contributed by atoms with Crippen LogP contribution in [0, 0.1) is 21.4 Å². The maximum atomic E-state index is 12.5. The van der Waals surface area contributed by atoms with Gasteiger partial charge in [0, 0.05) is 12.1 Å². The smallest absolute Gasteiger partial charge is 0.416 e. The van der Waals surface area contributed by atoms with Crippen molar-refractivity contribution in [3.05, 3.63) is 56.7 Å². The summed E-state index contributed by atoms with van der Waals surface area (Å²) in [6, 6.07) is 6.06. The summed E-state index contributed by atoms with van der Waals surface area (Å²) >= 11 is 5.71. The van der Waals surface area contributed by atoms with Crippen LogP contribution >= 0.6 is 11.6 Å². The highest BCUT2D eigenvalue weighted by Gasteiger charge is 2.31. The molecule has 10 heteroatoms. The van der Waals surface area contributed by atoms with Gasteiger partial charge in [-0.15, -0.1) is 0 Å². The molecule has 0 saturated heterocycles. The quantitative estimate of drug-likeness (QED) is 0.611. The summed E-state index contributed by atoms with van der Waals surface area (Å²) in [7, 11) is 0. The number of benzene rings is 1. The Morgan fingerprint density at radius 3 is 2.52 bits per heavy atom. The van der Waals surface area contributed by atoms with Crippen molar-refractivity contribution in [3.8, 4) is 17.7 Å². The lowest BCUT2D eigenvalue weighted by atomic mass is 10.2. The Morgan fingerprint density at radius 2 is 2.00 bits per heavy atom. The molecule has 0 N–H and O–H groups in total. The number of nitriles is 1. The summed E-state index contributed by atoms with van der Waals surface area (Å²) < 4.78 is 42.8. The molecule has 0 amide bonds. The second-order valence-corrected chi connectivity index (χ2v) is 4.54. The molecule has 0 atom stereocenters. The zero-order chi connectivity index (χ0) is 17.2. The number of ether oxygens (including phenoxy) is 1. The molecule has 2 aromatic rings. The molecule has 118 valence electrons. The molecule has 0 aliphatic carbocycles. The van der Waals surface area contributed by atoms with Gasteiger partial charge in [-0.1, -0.05) is 11.6 Å². The Morgan fingerprint density at radius 1 is 1.30 bits per heavy atom. The van der Waals surface area contributed by atoms with Crippen molar-refractivity contribution in [2.24, 2.45) is 0 Å². The minimum absolute atomic E-state index is 0.134. The van der Waals surface area contributed by atoms with Crippen LogP contribution in [0.5, 0.6) is 11.6 Å². The first-order valence-corrected chi connectivity index (χ1v) is 6.20. The van der Waals surface area contributed by atoms with Crippen molar-refractivity contribution in [1.29, 1.82) is 5.26 Å². The molecule has 23 heavy (non-hydrogen) atoms. The third-order valence-electron chi connectivity index (χ3n) is 2.62. The van der Waals surface area contributed by atoms with Gasteiger partial charge >= 0.3 is 11.9 Å². The summed E-state index contributed by atoms with van der Waals surface area (Å²) in [6.45, 7) is 0. The van der Waals surface area contributed by atoms with Crippen LogP contribution in [-0.4, -0.2) is 9.91 Å². The van der Waals surface area contributed by atoms with Gasteiger partial charge < -0.3 is 4.74 Å². The number of alkyl halides is 3. The first-order chi connectivity index (χ1) is 10.7. The molecule has 1 aromatic heterocycles. The van der Waals surface area contributed by atoms with E-state index < -0.39 is 28.0 Å². The van der Waals surface area contributed by atoms with Gasteiger partial charge in [0.05, 0.1) is 15.5 Å². The van der Waals surface area contributed by atoms with Crippen molar-refractivity contribution in [1.82, 2.24) is 4.98 Å². The number of rotatable bonds is 3. The molecule has 0 saturated carbocycles. The molecule has 0 aliphatic rings. The number of pyridine rings is 1. The largest absolute Gasteiger partial charge is 0.437 e. The molecule has 0 bridgehead atoms. The van der Waals surface area contributed by atoms with Crippen LogP contribution in [0.4, 0.5) is 18.9 Å². The van der Waals surface area contributed by atoms with E-state index in [0.29, 0.717) is 6.07 Å². The van der Waals surface area contributed by atoms with Crippen molar-refractivity contribution in [2.45, 2.75) is 6.18 Å². The van der Waals surface area contributed by atoms with E-state index in [0.717, 1.165) is 24.3 Å². The predicted octanol–water partition coefficient (Wildman–Crippen LogP) is 4.33. The molecule has 0 fully saturated rings. The van der Waals surface area contributed by atoms with E-state index in [1.165, 1.54) is 6.07 Å². The van der Waals surface area contributed by atoms with Crippen LogP contribution in [0.15, 0.2) is 30.3 Å². The zero-order valence-electron chi connectivity index (χ0n) is 11.0. The standard InChI is InChI=1S/C13H5ClF3N3O3/c14-8-5-7(13(15,16)17)1-3-11(8)23-12-4-2-10(20(21)22)9(6-18)19-12/h1-5H. The summed E-state index contributed by atoms with van der Waals surface area (Å²) in [4.78, 5) is 13.5. The lowest BCUT2D eigenvalue weighted by molar-refractivity contribution is -0.385. The van der Waals surface area contributed by atoms with Crippen LogP contribution in [0.1, 0.15) is 11.3 Å². The predicted molar refractivity (Wildman–Crippen MR) is 72.1 cm³/mol. The Balaban J connectivity index is 2.33. The van der Waals surface area contributed by atoms with Crippen molar-refractivity contribution in [3.63, 3.8) is 0 Å². The Labute approximate surface area is 131 Å². The lowest BCUT2D eigenvalue weighted by Gasteiger charge is -2.10. The summed E-state index contributed by atoms with van der Waals surface area (Å²) in [5, 5.41) is 19.2. The molecular weight excluding hydrogens is 339 g/mol. The van der Waals surface area contributed by atoms with Gasteiger partial charge in [-0.3, -0.25) is 10.1 Å². The van der Waals surface area contributed by atoms with E-state index in [1.54, 1.807) is 0 Å². The highest BCUT2D eigenvalue weighted by Crippen LogP contribution is 2.36. The monoisotopic (exact) mass is 343 g/mol. The maximum absolute atomic E-state index is 12.5. The van der Waals surface area contributed by atoms with Crippen molar-refractivity contribution < 1.29 is 22.8 Å². The normalized spacial score (nSPS) is 10.9. The Bertz CT molecular complexity index is 818. The van der Waals surface area contributed by atoms with Gasteiger partial charge in [-0.05, 0) is 18.2 Å². The lowest BCUT2D eigenvalue weighted by Crippen LogP contribution is -2.04. The highest BCUT2D eigenvalue weighted by molar-refractivity contribution is 6.32. The average Bonchev–Trinajstić information content (AvgIpc) is 2.47. The first kappa shape index (κ1) is 16.5. The molecule has 0 radical (unpaired) electrons. The van der Waals surface area contributed by atoms with Gasteiger partial charge in [0.1, 0.15) is 11.8 Å². The fourth-order valence-corrected chi connectivity index (χ4v) is 1.81. The molecule has 0 aliphatic heterocycles. The number of hydrogen-bond acceptors (Lipinski definition) is 5. The molecule has 2 rings (SSSR count). The highest BCUT2D eigenvalue weighted by atomic mass is 35.5. The molecule has 1 heterocycles. The van der Waals surface area contributed by atoms with E-state index in [1.807, 2.05) is 0 Å². The van der Waals surface area contributed by atoms with Gasteiger partial charge in [0.15, 0.2) is 0 Å². The van der Waals surface area contributed by atoms with Gasteiger partial charge in [0.25, 0.3) is 0 Å². The van der Waals surface area contributed by atoms with E-state index >= 15 is 0 Å². The summed E-state index contributed by atoms with van der Waals surface area (Å²) in [5.74, 6) is -0.348. The number of nitrogens with zero attached hydrogens (tertiary/aromatic N) is 3. The first-order valence-electron chi connectivity index (χ1n) is 5.82. The second-order valence-electron chi connectivity index (χ2n) is 4.13. The van der Waals surface area contributed by atoms with Gasteiger partial charge in [-0.25, -0.2) is 0 Å². The van der Waals surface area contributed by atoms with Crippen LogP contribution in [-0.2, 0) is 6.18 Å². The van der Waals surface area contributed by atoms with E-state index in [4.69, 9.17) is 21.6 Å². The average molecular weight is 344 g/mol. The SMILES string of the molecule is N#Cc1nc(Oc2ccc(C(F)(F)F)cc2Cl)ccc1[N+](=O)[O-]. The summed E-state index contributed by atoms with van der Waals surface area (Å²) in [5.41, 5.74) is -1.96. The van der Waals surface area contributed by atoms with Crippen molar-refractivity contribution in [2.75, 3.05) is 0 Å². The summed E-state index contributed by atoms with van der Waals surface area (Å²) in [6.07, 6.45) is -4.55. The van der Waals surface area contributed by atoms with E-state index in [9.17, 15) is 23.3 Å².